The van der Waals surface area contributed by atoms with Gasteiger partial charge >= 0.3 is 0 Å². The lowest BCUT2D eigenvalue weighted by Gasteiger charge is -2.42. The zero-order chi connectivity index (χ0) is 14.8. The van der Waals surface area contributed by atoms with E-state index in [1.54, 1.807) is 0 Å². The van der Waals surface area contributed by atoms with Crippen molar-refractivity contribution in [3.05, 3.63) is 0 Å². The fraction of sp³-hybridized carbons (Fsp3) is 1.00. The molecule has 0 bridgehead atoms. The third-order valence-corrected chi connectivity index (χ3v) is 5.01. The van der Waals surface area contributed by atoms with E-state index in [1.807, 2.05) is 0 Å². The van der Waals surface area contributed by atoms with Crippen molar-refractivity contribution in [1.29, 1.82) is 0 Å². The number of nitrogens with one attached hydrogen (secondary N) is 1. The molecule has 2 aliphatic rings. The normalized spacial score (nSPS) is 29.4. The molecule has 2 rings (SSSR count). The number of hydrogen-bond acceptors (Lipinski definition) is 4. The van der Waals surface area contributed by atoms with Crippen molar-refractivity contribution in [3.8, 4) is 0 Å². The van der Waals surface area contributed by atoms with Crippen molar-refractivity contribution < 1.29 is 5.11 Å². The molecule has 20 heavy (non-hydrogen) atoms. The molecule has 4 nitrogen and oxygen atoms in total. The zero-order valence-electron chi connectivity index (χ0n) is 13.7. The lowest BCUT2D eigenvalue weighted by molar-refractivity contribution is 0.0705. The number of rotatable bonds is 7. The van der Waals surface area contributed by atoms with Gasteiger partial charge in [-0.15, -0.1) is 0 Å². The summed E-state index contributed by atoms with van der Waals surface area (Å²) in [5.74, 6) is 0. The van der Waals surface area contributed by atoms with Crippen molar-refractivity contribution in [2.75, 3.05) is 33.8 Å². The average Bonchev–Trinajstić information content (AvgIpc) is 3.22. The molecule has 3 unspecified atom stereocenters. The van der Waals surface area contributed by atoms with E-state index in [1.165, 1.54) is 38.8 Å². The second-order valence-electron chi connectivity index (χ2n) is 7.45. The summed E-state index contributed by atoms with van der Waals surface area (Å²) in [5.41, 5.74) is -0.119. The minimum atomic E-state index is -0.119. The highest BCUT2D eigenvalue weighted by Crippen LogP contribution is 2.26. The van der Waals surface area contributed by atoms with Gasteiger partial charge in [0.05, 0.1) is 6.61 Å². The Morgan fingerprint density at radius 1 is 1.35 bits per heavy atom. The number of aliphatic hydroxyl groups excluding tert-OH is 1. The largest absolute Gasteiger partial charge is 0.394 e. The number of piperidine rings is 1. The Morgan fingerprint density at radius 3 is 2.60 bits per heavy atom. The van der Waals surface area contributed by atoms with Gasteiger partial charge in [-0.05, 0) is 66.6 Å². The molecule has 4 heteroatoms. The molecule has 2 N–H and O–H groups in total. The summed E-state index contributed by atoms with van der Waals surface area (Å²) in [6.45, 7) is 7.10. The van der Waals surface area contributed by atoms with Crippen molar-refractivity contribution in [3.63, 3.8) is 0 Å². The highest BCUT2D eigenvalue weighted by molar-refractivity contribution is 4.95. The second kappa shape index (κ2) is 6.73. The van der Waals surface area contributed by atoms with E-state index in [0.717, 1.165) is 6.42 Å². The molecule has 1 saturated carbocycles. The van der Waals surface area contributed by atoms with E-state index in [4.69, 9.17) is 0 Å². The highest BCUT2D eigenvalue weighted by atomic mass is 16.3. The zero-order valence-corrected chi connectivity index (χ0v) is 13.7. The van der Waals surface area contributed by atoms with Crippen LogP contribution in [0.25, 0.3) is 0 Å². The highest BCUT2D eigenvalue weighted by Gasteiger charge is 2.35. The van der Waals surface area contributed by atoms with E-state index < -0.39 is 0 Å². The lowest BCUT2D eigenvalue weighted by Crippen LogP contribution is -2.54. The average molecular weight is 283 g/mol. The molecular formula is C16H33N3O. The minimum Gasteiger partial charge on any atom is -0.394 e. The molecule has 0 radical (unpaired) electrons. The van der Waals surface area contributed by atoms with E-state index in [2.05, 4.69) is 43.1 Å². The Kier molecular flexibility index (Phi) is 5.46. The molecule has 1 saturated heterocycles. The first-order valence-corrected chi connectivity index (χ1v) is 8.22. The first-order chi connectivity index (χ1) is 9.43. The molecule has 0 aromatic heterocycles. The van der Waals surface area contributed by atoms with Gasteiger partial charge in [0, 0.05) is 30.2 Å². The van der Waals surface area contributed by atoms with Crippen molar-refractivity contribution in [2.45, 2.75) is 69.6 Å². The van der Waals surface area contributed by atoms with Crippen LogP contribution in [0.5, 0.6) is 0 Å². The van der Waals surface area contributed by atoms with Gasteiger partial charge in [0.15, 0.2) is 0 Å². The van der Waals surface area contributed by atoms with Gasteiger partial charge in [-0.3, -0.25) is 4.90 Å². The van der Waals surface area contributed by atoms with Gasteiger partial charge in [-0.1, -0.05) is 0 Å². The fourth-order valence-electron chi connectivity index (χ4n) is 3.48. The SMILES string of the molecule is CC(CC(C)(CO)NC1CC1)N1CCCC(N(C)C)C1. The van der Waals surface area contributed by atoms with Gasteiger partial charge < -0.3 is 15.3 Å². The Balaban J connectivity index is 1.87. The van der Waals surface area contributed by atoms with Crippen molar-refractivity contribution in [2.24, 2.45) is 0 Å². The molecule has 2 fully saturated rings. The van der Waals surface area contributed by atoms with Crippen LogP contribution in [0.3, 0.4) is 0 Å². The molecule has 0 aromatic rings. The molecular weight excluding hydrogens is 250 g/mol. The third kappa shape index (κ3) is 4.42. The molecule has 0 amide bonds. The first-order valence-electron chi connectivity index (χ1n) is 8.22. The van der Waals surface area contributed by atoms with Gasteiger partial charge in [0.2, 0.25) is 0 Å². The van der Waals surface area contributed by atoms with Crippen LogP contribution in [-0.2, 0) is 0 Å². The molecule has 1 aliphatic heterocycles. The fourth-order valence-corrected chi connectivity index (χ4v) is 3.48. The Labute approximate surface area is 124 Å². The number of nitrogens with zero attached hydrogens (tertiary/aromatic N) is 2. The molecule has 1 aliphatic carbocycles. The van der Waals surface area contributed by atoms with Crippen LogP contribution >= 0.6 is 0 Å². The maximum Gasteiger partial charge on any atom is 0.0611 e. The summed E-state index contributed by atoms with van der Waals surface area (Å²) in [4.78, 5) is 4.96. The first kappa shape index (κ1) is 16.2. The Hall–Kier alpha value is -0.160. The summed E-state index contributed by atoms with van der Waals surface area (Å²) in [7, 11) is 4.37. The lowest BCUT2D eigenvalue weighted by atomic mass is 9.92. The number of likely N-dealkylation sites (N-methyl/N-ethyl adjacent to an activating group) is 1. The van der Waals surface area contributed by atoms with Crippen LogP contribution in [0.15, 0.2) is 0 Å². The molecule has 1 heterocycles. The van der Waals surface area contributed by atoms with Gasteiger partial charge in [0.1, 0.15) is 0 Å². The summed E-state index contributed by atoms with van der Waals surface area (Å²) in [6.07, 6.45) is 6.18. The maximum absolute atomic E-state index is 9.76. The summed E-state index contributed by atoms with van der Waals surface area (Å²) in [5, 5.41) is 13.4. The van der Waals surface area contributed by atoms with Crippen LogP contribution in [0.2, 0.25) is 0 Å². The smallest absolute Gasteiger partial charge is 0.0611 e. The van der Waals surface area contributed by atoms with Crippen molar-refractivity contribution in [1.82, 2.24) is 15.1 Å². The maximum atomic E-state index is 9.76. The van der Waals surface area contributed by atoms with Crippen LogP contribution in [-0.4, -0.2) is 72.4 Å². The van der Waals surface area contributed by atoms with Crippen LogP contribution < -0.4 is 5.32 Å². The summed E-state index contributed by atoms with van der Waals surface area (Å²) >= 11 is 0. The second-order valence-corrected chi connectivity index (χ2v) is 7.45. The minimum absolute atomic E-state index is 0.119. The predicted octanol–water partition coefficient (Wildman–Crippen LogP) is 1.29. The number of hydrogen-bond donors (Lipinski definition) is 2. The van der Waals surface area contributed by atoms with Gasteiger partial charge in [-0.25, -0.2) is 0 Å². The summed E-state index contributed by atoms with van der Waals surface area (Å²) in [6, 6.07) is 1.86. The Morgan fingerprint density at radius 2 is 2.05 bits per heavy atom. The van der Waals surface area contributed by atoms with E-state index in [0.29, 0.717) is 18.1 Å². The van der Waals surface area contributed by atoms with E-state index in [-0.39, 0.29) is 12.1 Å². The number of likely N-dealkylation sites (tertiary alicyclic amines) is 1. The van der Waals surface area contributed by atoms with Crippen LogP contribution in [0.4, 0.5) is 0 Å². The van der Waals surface area contributed by atoms with Gasteiger partial charge in [-0.2, -0.15) is 0 Å². The quantitative estimate of drug-likeness (QED) is 0.738. The number of aliphatic hydroxyl groups is 1. The topological polar surface area (TPSA) is 38.7 Å². The third-order valence-electron chi connectivity index (χ3n) is 5.01. The van der Waals surface area contributed by atoms with Crippen LogP contribution in [0, 0.1) is 0 Å². The van der Waals surface area contributed by atoms with Crippen LogP contribution in [0.1, 0.15) is 46.0 Å². The Bertz CT molecular complexity index is 306. The molecule has 0 spiro atoms. The van der Waals surface area contributed by atoms with Gasteiger partial charge in [0.25, 0.3) is 0 Å². The standard InChI is InChI=1S/C16H33N3O/c1-13(10-16(2,12-20)17-14-7-8-14)19-9-5-6-15(11-19)18(3)4/h13-15,17,20H,5-12H2,1-4H3. The van der Waals surface area contributed by atoms with E-state index >= 15 is 0 Å². The van der Waals surface area contributed by atoms with E-state index in [9.17, 15) is 5.11 Å². The monoisotopic (exact) mass is 283 g/mol. The summed E-state index contributed by atoms with van der Waals surface area (Å²) < 4.78 is 0. The molecule has 3 atom stereocenters. The van der Waals surface area contributed by atoms with Crippen molar-refractivity contribution >= 4 is 0 Å². The molecule has 118 valence electrons. The predicted molar refractivity (Wildman–Crippen MR) is 84.0 cm³/mol. The molecule has 0 aromatic carbocycles.